The highest BCUT2D eigenvalue weighted by Gasteiger charge is 2.22. The molecule has 1 aliphatic heterocycles. The molecule has 1 aliphatic rings. The Labute approximate surface area is 181 Å². The lowest BCUT2D eigenvalue weighted by atomic mass is 9.94. The summed E-state index contributed by atoms with van der Waals surface area (Å²) in [5.41, 5.74) is 0.987. The van der Waals surface area contributed by atoms with Crippen LogP contribution >= 0.6 is 0 Å². The van der Waals surface area contributed by atoms with E-state index >= 15 is 0 Å². The van der Waals surface area contributed by atoms with Gasteiger partial charge in [0, 0.05) is 13.0 Å². The van der Waals surface area contributed by atoms with Crippen molar-refractivity contribution in [2.24, 2.45) is 5.92 Å². The van der Waals surface area contributed by atoms with Crippen LogP contribution in [0, 0.1) is 5.92 Å². The van der Waals surface area contributed by atoms with Gasteiger partial charge < -0.3 is 14.2 Å². The molecule has 0 aromatic heterocycles. The maximum atomic E-state index is 14.5. The molecule has 0 saturated carbocycles. The number of hydrogen-bond acceptors (Lipinski definition) is 3. The van der Waals surface area contributed by atoms with Gasteiger partial charge in [-0.15, -0.1) is 0 Å². The monoisotopic (exact) mass is 426 g/mol. The van der Waals surface area contributed by atoms with E-state index in [-0.39, 0.29) is 11.9 Å². The number of hydrogen-bond donors (Lipinski definition) is 0. The van der Waals surface area contributed by atoms with Crippen LogP contribution in [-0.2, 0) is 14.2 Å². The molecule has 0 spiro atoms. The van der Waals surface area contributed by atoms with Crippen LogP contribution in [0.25, 0.3) is 0 Å². The maximum absolute atomic E-state index is 14.5. The van der Waals surface area contributed by atoms with Crippen molar-refractivity contribution in [1.29, 1.82) is 0 Å². The van der Waals surface area contributed by atoms with Crippen molar-refractivity contribution >= 4 is 0 Å². The Kier molecular flexibility index (Phi) is 12.7. The molecule has 2 unspecified atom stereocenters. The van der Waals surface area contributed by atoms with Crippen LogP contribution in [-0.4, -0.2) is 26.4 Å². The third-order valence-corrected chi connectivity index (χ3v) is 5.66. The number of methoxy groups -OCH3 is 1. The molecular weight excluding hydrogens is 386 g/mol. The van der Waals surface area contributed by atoms with E-state index in [1.807, 2.05) is 13.0 Å². The second-order valence-electron chi connectivity index (χ2n) is 7.91. The van der Waals surface area contributed by atoms with Crippen molar-refractivity contribution < 1.29 is 23.0 Å². The molecule has 2 atom stereocenters. The predicted molar refractivity (Wildman–Crippen MR) is 119 cm³/mol. The minimum absolute atomic E-state index is 0.0659. The summed E-state index contributed by atoms with van der Waals surface area (Å²) in [5, 5.41) is 0. The van der Waals surface area contributed by atoms with E-state index in [9.17, 15) is 8.78 Å². The zero-order valence-corrected chi connectivity index (χ0v) is 19.7. The molecule has 1 saturated heterocycles. The van der Waals surface area contributed by atoms with E-state index < -0.39 is 11.7 Å². The van der Waals surface area contributed by atoms with Crippen molar-refractivity contribution in [1.82, 2.24) is 0 Å². The molecule has 0 aromatic carbocycles. The van der Waals surface area contributed by atoms with Crippen molar-refractivity contribution in [3.8, 4) is 0 Å². The molecule has 1 rings (SSSR count). The van der Waals surface area contributed by atoms with Crippen LogP contribution < -0.4 is 0 Å². The largest absolute Gasteiger partial charge is 0.498 e. The third kappa shape index (κ3) is 8.63. The van der Waals surface area contributed by atoms with Crippen LogP contribution in [0.15, 0.2) is 46.5 Å². The Morgan fingerprint density at radius 1 is 1.03 bits per heavy atom. The summed E-state index contributed by atoms with van der Waals surface area (Å²) in [6.45, 7) is 10.6. The van der Waals surface area contributed by atoms with Crippen molar-refractivity contribution in [3.63, 3.8) is 0 Å². The fraction of sp³-hybridized carbons (Fsp3) is 0.680. The second-order valence-corrected chi connectivity index (χ2v) is 7.91. The fourth-order valence-electron chi connectivity index (χ4n) is 3.48. The van der Waals surface area contributed by atoms with E-state index in [2.05, 4.69) is 6.92 Å². The Bertz CT molecular complexity index is 639. The van der Waals surface area contributed by atoms with Gasteiger partial charge in [-0.3, -0.25) is 0 Å². The Morgan fingerprint density at radius 2 is 1.77 bits per heavy atom. The lowest BCUT2D eigenvalue weighted by molar-refractivity contribution is -0.0515. The van der Waals surface area contributed by atoms with Gasteiger partial charge in [-0.05, 0) is 62.7 Å². The summed E-state index contributed by atoms with van der Waals surface area (Å²) in [5.74, 6) is -0.399. The van der Waals surface area contributed by atoms with Crippen LogP contribution in [0.5, 0.6) is 0 Å². The van der Waals surface area contributed by atoms with Crippen molar-refractivity contribution in [2.75, 3.05) is 20.3 Å². The van der Waals surface area contributed by atoms with Crippen LogP contribution in [0.4, 0.5) is 8.78 Å². The summed E-state index contributed by atoms with van der Waals surface area (Å²) in [6, 6.07) is 0. The highest BCUT2D eigenvalue weighted by atomic mass is 19.2. The van der Waals surface area contributed by atoms with Gasteiger partial charge in [0.25, 0.3) is 0 Å². The first kappa shape index (κ1) is 26.4. The average Bonchev–Trinajstić information content (AvgIpc) is 2.77. The molecule has 0 radical (unpaired) electrons. The van der Waals surface area contributed by atoms with E-state index in [1.165, 1.54) is 39.7 Å². The highest BCUT2D eigenvalue weighted by Crippen LogP contribution is 2.28. The zero-order valence-electron chi connectivity index (χ0n) is 19.7. The highest BCUT2D eigenvalue weighted by molar-refractivity contribution is 5.40. The van der Waals surface area contributed by atoms with Crippen LogP contribution in [0.1, 0.15) is 79.6 Å². The minimum Gasteiger partial charge on any atom is -0.498 e. The van der Waals surface area contributed by atoms with Gasteiger partial charge in [-0.25, -0.2) is 8.78 Å². The van der Waals surface area contributed by atoms with Gasteiger partial charge in [0.2, 0.25) is 0 Å². The van der Waals surface area contributed by atoms with Crippen LogP contribution in [0.3, 0.4) is 0 Å². The standard InChI is InChI=1S/C25H40F2O3/c1-7-10-11-20-13-15-22(29-16-20)17-30-21(8-2)14-12-18(4)23(9-3)25(27)24(26)19(5)28-6/h12,14,20,22H,7-11,13,15-17H2,1-6H3/b18-12+,21-14+,24-19-,25-23-. The lowest BCUT2D eigenvalue weighted by Crippen LogP contribution is -2.29. The Hall–Kier alpha value is -1.62. The molecule has 1 heterocycles. The number of ether oxygens (including phenoxy) is 3. The summed E-state index contributed by atoms with van der Waals surface area (Å²) in [7, 11) is 1.32. The zero-order chi connectivity index (χ0) is 22.5. The Morgan fingerprint density at radius 3 is 2.30 bits per heavy atom. The van der Waals surface area contributed by atoms with Gasteiger partial charge in [0.1, 0.15) is 12.4 Å². The van der Waals surface area contributed by atoms with E-state index in [0.717, 1.165) is 25.2 Å². The number of rotatable bonds is 12. The SMILES string of the molecule is CCCCC1CCC(CO/C(=C/C=C(C)/C(CC)=C(F)/C(F)=C(\C)OC)CC)OC1. The maximum Gasteiger partial charge on any atom is 0.196 e. The predicted octanol–water partition coefficient (Wildman–Crippen LogP) is 7.71. The first-order chi connectivity index (χ1) is 14.4. The van der Waals surface area contributed by atoms with E-state index in [4.69, 9.17) is 14.2 Å². The summed E-state index contributed by atoms with van der Waals surface area (Å²) >= 11 is 0. The van der Waals surface area contributed by atoms with Gasteiger partial charge in [0.05, 0.1) is 19.0 Å². The molecule has 172 valence electrons. The molecule has 0 aliphatic carbocycles. The summed E-state index contributed by atoms with van der Waals surface area (Å²) in [6.07, 6.45) is 10.8. The smallest absolute Gasteiger partial charge is 0.196 e. The number of halogens is 2. The molecule has 3 nitrogen and oxygen atoms in total. The lowest BCUT2D eigenvalue weighted by Gasteiger charge is -2.29. The molecule has 0 N–H and O–H groups in total. The van der Waals surface area contributed by atoms with Crippen molar-refractivity contribution in [2.45, 2.75) is 85.7 Å². The second kappa shape index (κ2) is 14.4. The number of unbranched alkanes of at least 4 members (excludes halogenated alkanes) is 1. The molecule has 1 fully saturated rings. The molecule has 0 aromatic rings. The molecule has 0 bridgehead atoms. The van der Waals surface area contributed by atoms with E-state index in [0.29, 0.717) is 30.1 Å². The third-order valence-electron chi connectivity index (χ3n) is 5.66. The molecule has 30 heavy (non-hydrogen) atoms. The first-order valence-corrected chi connectivity index (χ1v) is 11.3. The van der Waals surface area contributed by atoms with E-state index in [1.54, 1.807) is 19.9 Å². The average molecular weight is 427 g/mol. The molecule has 5 heteroatoms. The van der Waals surface area contributed by atoms with Gasteiger partial charge >= 0.3 is 0 Å². The normalized spacial score (nSPS) is 22.4. The van der Waals surface area contributed by atoms with Crippen molar-refractivity contribution in [3.05, 3.63) is 46.5 Å². The van der Waals surface area contributed by atoms with Gasteiger partial charge in [-0.2, -0.15) is 0 Å². The van der Waals surface area contributed by atoms with Crippen LogP contribution in [0.2, 0.25) is 0 Å². The van der Waals surface area contributed by atoms with Gasteiger partial charge in [-0.1, -0.05) is 39.7 Å². The fourth-order valence-corrected chi connectivity index (χ4v) is 3.48. The summed E-state index contributed by atoms with van der Waals surface area (Å²) < 4.78 is 45.4. The minimum atomic E-state index is -0.954. The van der Waals surface area contributed by atoms with Gasteiger partial charge in [0.15, 0.2) is 11.7 Å². The number of allylic oxidation sites excluding steroid dienone is 8. The summed E-state index contributed by atoms with van der Waals surface area (Å²) in [4.78, 5) is 0. The molecule has 0 amide bonds. The quantitative estimate of drug-likeness (QED) is 0.236. The topological polar surface area (TPSA) is 27.7 Å². The first-order valence-electron chi connectivity index (χ1n) is 11.3. The Balaban J connectivity index is 2.72. The molecular formula is C25H40F2O3.